The van der Waals surface area contributed by atoms with Gasteiger partial charge in [0.2, 0.25) is 0 Å². The molecule has 0 aromatic heterocycles. The summed E-state index contributed by atoms with van der Waals surface area (Å²) >= 11 is 0. The van der Waals surface area contributed by atoms with Gasteiger partial charge in [0.25, 0.3) is 0 Å². The Morgan fingerprint density at radius 2 is 2.00 bits per heavy atom. The van der Waals surface area contributed by atoms with Crippen LogP contribution < -0.4 is 0 Å². The van der Waals surface area contributed by atoms with Gasteiger partial charge in [0.15, 0.2) is 15.3 Å². The van der Waals surface area contributed by atoms with Gasteiger partial charge in [0, 0.05) is 0 Å². The normalized spacial score (nSPS) is 15.1. The Balaban J connectivity index is 3.90. The summed E-state index contributed by atoms with van der Waals surface area (Å²) in [4.78, 5) is 0. The molecular formula is C6H14O3S. The van der Waals surface area contributed by atoms with Crippen molar-refractivity contribution >= 4 is 9.84 Å². The number of hydrogen-bond acceptors (Lipinski definition) is 3. The van der Waals surface area contributed by atoms with Crippen molar-refractivity contribution in [3.05, 3.63) is 0 Å². The molecule has 0 aliphatic carbocycles. The zero-order valence-corrected chi connectivity index (χ0v) is 7.19. The second-order valence-corrected chi connectivity index (χ2v) is 4.74. The summed E-state index contributed by atoms with van der Waals surface area (Å²) in [5.41, 5.74) is -1.21. The standard InChI is InChI=1S/C6H14O3S/c1-3-4-5-10(8,9)6(2)7/h6-7H,3-5H2,1-2H3. The van der Waals surface area contributed by atoms with Crippen molar-refractivity contribution in [2.45, 2.75) is 32.1 Å². The van der Waals surface area contributed by atoms with Crippen molar-refractivity contribution in [3.63, 3.8) is 0 Å². The lowest BCUT2D eigenvalue weighted by atomic mass is 10.4. The molecule has 1 atom stereocenters. The van der Waals surface area contributed by atoms with E-state index < -0.39 is 15.3 Å². The van der Waals surface area contributed by atoms with Crippen molar-refractivity contribution in [1.82, 2.24) is 0 Å². The van der Waals surface area contributed by atoms with Crippen molar-refractivity contribution in [3.8, 4) is 0 Å². The highest BCUT2D eigenvalue weighted by atomic mass is 32.2. The first-order valence-electron chi connectivity index (χ1n) is 3.40. The first kappa shape index (κ1) is 9.91. The van der Waals surface area contributed by atoms with E-state index in [-0.39, 0.29) is 5.75 Å². The van der Waals surface area contributed by atoms with Crippen LogP contribution in [0.4, 0.5) is 0 Å². The molecule has 0 amide bonds. The molecule has 0 bridgehead atoms. The SMILES string of the molecule is CCCCS(=O)(=O)C(C)O. The van der Waals surface area contributed by atoms with Gasteiger partial charge in [-0.05, 0) is 13.3 Å². The Morgan fingerprint density at radius 3 is 2.30 bits per heavy atom. The first-order valence-corrected chi connectivity index (χ1v) is 5.12. The van der Waals surface area contributed by atoms with Crippen LogP contribution in [0, 0.1) is 0 Å². The van der Waals surface area contributed by atoms with Gasteiger partial charge >= 0.3 is 0 Å². The molecule has 0 rings (SSSR count). The quantitative estimate of drug-likeness (QED) is 0.663. The fourth-order valence-electron chi connectivity index (χ4n) is 0.516. The fourth-order valence-corrected chi connectivity index (χ4v) is 1.55. The summed E-state index contributed by atoms with van der Waals surface area (Å²) in [6.45, 7) is 3.20. The zero-order chi connectivity index (χ0) is 8.20. The second kappa shape index (κ2) is 3.93. The third-order valence-corrected chi connectivity index (χ3v) is 3.20. The molecule has 62 valence electrons. The summed E-state index contributed by atoms with van der Waals surface area (Å²) in [6.07, 6.45) is 1.47. The van der Waals surface area contributed by atoms with E-state index in [9.17, 15) is 8.42 Å². The van der Waals surface area contributed by atoms with Gasteiger partial charge in [-0.1, -0.05) is 13.3 Å². The monoisotopic (exact) mass is 166 g/mol. The maximum atomic E-state index is 10.8. The van der Waals surface area contributed by atoms with Gasteiger partial charge in [0.1, 0.15) is 0 Å². The minimum Gasteiger partial charge on any atom is -0.377 e. The summed E-state index contributed by atoms with van der Waals surface area (Å²) < 4.78 is 21.7. The Morgan fingerprint density at radius 1 is 1.50 bits per heavy atom. The van der Waals surface area contributed by atoms with Crippen molar-refractivity contribution in [2.24, 2.45) is 0 Å². The Bertz CT molecular complexity index is 169. The molecule has 0 spiro atoms. The molecular weight excluding hydrogens is 152 g/mol. The van der Waals surface area contributed by atoms with E-state index in [0.717, 1.165) is 6.42 Å². The second-order valence-electron chi connectivity index (χ2n) is 2.32. The molecule has 1 N–H and O–H groups in total. The van der Waals surface area contributed by atoms with Crippen LogP contribution in [0.15, 0.2) is 0 Å². The minimum absolute atomic E-state index is 0.0984. The lowest BCUT2D eigenvalue weighted by Gasteiger charge is -2.04. The van der Waals surface area contributed by atoms with Gasteiger partial charge in [-0.3, -0.25) is 0 Å². The molecule has 0 aromatic rings. The van der Waals surface area contributed by atoms with Crippen LogP contribution in [-0.2, 0) is 9.84 Å². The van der Waals surface area contributed by atoms with Crippen LogP contribution in [0.1, 0.15) is 26.7 Å². The van der Waals surface area contributed by atoms with E-state index in [1.54, 1.807) is 0 Å². The van der Waals surface area contributed by atoms with Crippen LogP contribution in [0.3, 0.4) is 0 Å². The zero-order valence-electron chi connectivity index (χ0n) is 6.37. The van der Waals surface area contributed by atoms with Crippen LogP contribution >= 0.6 is 0 Å². The number of aliphatic hydroxyl groups is 1. The van der Waals surface area contributed by atoms with E-state index in [4.69, 9.17) is 5.11 Å². The van der Waals surface area contributed by atoms with E-state index >= 15 is 0 Å². The molecule has 0 saturated carbocycles. The van der Waals surface area contributed by atoms with E-state index in [1.165, 1.54) is 6.92 Å². The van der Waals surface area contributed by atoms with Crippen molar-refractivity contribution in [2.75, 3.05) is 5.75 Å². The van der Waals surface area contributed by atoms with Gasteiger partial charge in [-0.25, -0.2) is 8.42 Å². The number of hydrogen-bond donors (Lipinski definition) is 1. The van der Waals surface area contributed by atoms with Gasteiger partial charge in [0.05, 0.1) is 5.75 Å². The third-order valence-electron chi connectivity index (χ3n) is 1.30. The smallest absolute Gasteiger partial charge is 0.176 e. The van der Waals surface area contributed by atoms with Gasteiger partial charge in [-0.2, -0.15) is 0 Å². The maximum absolute atomic E-state index is 10.8. The summed E-state index contributed by atoms with van der Waals surface area (Å²) in [5, 5.41) is 8.72. The van der Waals surface area contributed by atoms with E-state index in [2.05, 4.69) is 0 Å². The average Bonchev–Trinajstić information content (AvgIpc) is 1.84. The lowest BCUT2D eigenvalue weighted by molar-refractivity contribution is 0.268. The molecule has 0 aromatic carbocycles. The van der Waals surface area contributed by atoms with Crippen molar-refractivity contribution < 1.29 is 13.5 Å². The highest BCUT2D eigenvalue weighted by Crippen LogP contribution is 2.01. The molecule has 0 radical (unpaired) electrons. The molecule has 0 saturated heterocycles. The van der Waals surface area contributed by atoms with E-state index in [0.29, 0.717) is 6.42 Å². The highest BCUT2D eigenvalue weighted by Gasteiger charge is 2.15. The molecule has 0 fully saturated rings. The van der Waals surface area contributed by atoms with Crippen LogP contribution in [0.5, 0.6) is 0 Å². The topological polar surface area (TPSA) is 54.4 Å². The molecule has 0 heterocycles. The van der Waals surface area contributed by atoms with Gasteiger partial charge < -0.3 is 5.11 Å². The predicted octanol–water partition coefficient (Wildman–Crippen LogP) is 0.540. The molecule has 0 aliphatic rings. The molecule has 4 heteroatoms. The summed E-state index contributed by atoms with van der Waals surface area (Å²) in [6, 6.07) is 0. The Labute approximate surface area is 62.0 Å². The number of sulfone groups is 1. The molecule has 10 heavy (non-hydrogen) atoms. The van der Waals surface area contributed by atoms with E-state index in [1.807, 2.05) is 6.92 Å². The Kier molecular flexibility index (Phi) is 3.89. The fraction of sp³-hybridized carbons (Fsp3) is 1.00. The number of rotatable bonds is 4. The lowest BCUT2D eigenvalue weighted by Crippen LogP contribution is -2.19. The minimum atomic E-state index is -3.20. The van der Waals surface area contributed by atoms with Crippen LogP contribution in [0.25, 0.3) is 0 Å². The van der Waals surface area contributed by atoms with Crippen LogP contribution in [-0.4, -0.2) is 24.7 Å². The maximum Gasteiger partial charge on any atom is 0.176 e. The average molecular weight is 166 g/mol. The highest BCUT2D eigenvalue weighted by molar-refractivity contribution is 7.91. The van der Waals surface area contributed by atoms with Crippen LogP contribution in [0.2, 0.25) is 0 Å². The number of aliphatic hydroxyl groups excluding tert-OH is 1. The molecule has 3 nitrogen and oxygen atoms in total. The first-order chi connectivity index (χ1) is 4.50. The Hall–Kier alpha value is -0.0900. The molecule has 1 unspecified atom stereocenters. The summed E-state index contributed by atoms with van der Waals surface area (Å²) in [5.74, 6) is 0.0984. The number of unbranched alkanes of at least 4 members (excludes halogenated alkanes) is 1. The largest absolute Gasteiger partial charge is 0.377 e. The summed E-state index contributed by atoms with van der Waals surface area (Å²) in [7, 11) is -3.20. The predicted molar refractivity (Wildman–Crippen MR) is 40.4 cm³/mol. The third kappa shape index (κ3) is 3.17. The van der Waals surface area contributed by atoms with Gasteiger partial charge in [-0.15, -0.1) is 0 Å². The molecule has 0 aliphatic heterocycles. The van der Waals surface area contributed by atoms with Crippen molar-refractivity contribution in [1.29, 1.82) is 0 Å².